The molecule has 1 rings (SSSR count). The van der Waals surface area contributed by atoms with Gasteiger partial charge in [-0.3, -0.25) is 4.79 Å². The summed E-state index contributed by atoms with van der Waals surface area (Å²) in [4.78, 5) is 16.5. The normalized spacial score (nSPS) is 7.00. The Hall–Kier alpha value is -0.654. The summed E-state index contributed by atoms with van der Waals surface area (Å²) in [5.74, 6) is 0.0625. The topological polar surface area (TPSA) is 69.6 Å². The van der Waals surface area contributed by atoms with E-state index in [0.29, 0.717) is 12.1 Å². The van der Waals surface area contributed by atoms with Gasteiger partial charge in [-0.15, -0.1) is 0 Å². The molecule has 2 N–H and O–H groups in total. The van der Waals surface area contributed by atoms with Crippen LogP contribution in [0.2, 0.25) is 0 Å². The molecule has 1 aromatic heterocycles. The molecule has 0 unspecified atom stereocenters. The van der Waals surface area contributed by atoms with Gasteiger partial charge in [-0.1, -0.05) is 0 Å². The fraction of sp³-hybridized carbons (Fsp3) is 0.375. The Morgan fingerprint density at radius 2 is 2.07 bits per heavy atom. The second-order valence-corrected chi connectivity index (χ2v) is 2.42. The van der Waals surface area contributed by atoms with Gasteiger partial charge in [0, 0.05) is 41.3 Å². The van der Waals surface area contributed by atoms with E-state index in [4.69, 9.17) is 5.41 Å². The number of hydrogen-bond acceptors (Lipinski definition) is 3. The Morgan fingerprint density at radius 3 is 2.14 bits per heavy atom. The number of nitrogens with one attached hydrogen (secondary N) is 2. The van der Waals surface area contributed by atoms with E-state index in [9.17, 15) is 4.79 Å². The predicted molar refractivity (Wildman–Crippen MR) is 47.3 cm³/mol. The van der Waals surface area contributed by atoms with E-state index in [2.05, 4.69) is 9.97 Å². The second-order valence-electron chi connectivity index (χ2n) is 2.42. The van der Waals surface area contributed by atoms with Crippen LogP contribution in [-0.4, -0.2) is 21.5 Å². The average molecular weight is 262 g/mol. The monoisotopic (exact) mass is 261 g/mol. The first-order valence-corrected chi connectivity index (χ1v) is 3.59. The van der Waals surface area contributed by atoms with Crippen molar-refractivity contribution in [3.63, 3.8) is 0 Å². The van der Waals surface area contributed by atoms with Crippen molar-refractivity contribution in [3.05, 3.63) is 18.7 Å². The van der Waals surface area contributed by atoms with Gasteiger partial charge in [-0.05, 0) is 13.8 Å². The number of ketones is 1. The SMILES string of the molecule is CC(=N)CC(C)=O.[Cl-].[Co].c1c[nH]cn1. The van der Waals surface area contributed by atoms with Crippen LogP contribution >= 0.6 is 0 Å². The summed E-state index contributed by atoms with van der Waals surface area (Å²) < 4.78 is 0. The number of hydrogen-bond donors (Lipinski definition) is 2. The van der Waals surface area contributed by atoms with Crippen LogP contribution in [0.3, 0.4) is 0 Å². The molecular weight excluding hydrogens is 248 g/mol. The molecule has 0 aliphatic carbocycles. The Bertz CT molecular complexity index is 210. The minimum absolute atomic E-state index is 0. The number of carbonyl (C=O) groups excluding carboxylic acids is 1. The molecule has 0 atom stereocenters. The number of aromatic nitrogens is 2. The molecule has 0 fully saturated rings. The van der Waals surface area contributed by atoms with Crippen LogP contribution in [0.5, 0.6) is 0 Å². The summed E-state index contributed by atoms with van der Waals surface area (Å²) in [6, 6.07) is 0. The second kappa shape index (κ2) is 12.3. The minimum atomic E-state index is 0. The van der Waals surface area contributed by atoms with Crippen molar-refractivity contribution in [2.45, 2.75) is 20.3 Å². The zero-order valence-electron chi connectivity index (χ0n) is 8.01. The quantitative estimate of drug-likeness (QED) is 0.631. The summed E-state index contributed by atoms with van der Waals surface area (Å²) in [5, 5.41) is 6.80. The van der Waals surface area contributed by atoms with Crippen LogP contribution in [0.4, 0.5) is 0 Å². The van der Waals surface area contributed by atoms with Crippen LogP contribution < -0.4 is 12.4 Å². The van der Waals surface area contributed by atoms with E-state index >= 15 is 0 Å². The molecular formula is C8H13ClCoN3O-. The number of nitrogens with zero attached hydrogens (tertiary/aromatic N) is 1. The Balaban J connectivity index is -0.000000155. The average Bonchev–Trinajstić information content (AvgIpc) is 2.36. The number of halogens is 1. The largest absolute Gasteiger partial charge is 1.00 e. The summed E-state index contributed by atoms with van der Waals surface area (Å²) in [5.41, 5.74) is 0.438. The third-order valence-electron chi connectivity index (χ3n) is 0.920. The molecule has 0 aliphatic rings. The molecule has 4 nitrogen and oxygen atoms in total. The molecule has 6 heteroatoms. The van der Waals surface area contributed by atoms with E-state index in [1.54, 1.807) is 25.6 Å². The van der Waals surface area contributed by atoms with E-state index < -0.39 is 0 Å². The van der Waals surface area contributed by atoms with Gasteiger partial charge in [0.2, 0.25) is 0 Å². The molecule has 1 aromatic rings. The molecule has 0 aliphatic heterocycles. The van der Waals surface area contributed by atoms with E-state index in [-0.39, 0.29) is 35.0 Å². The van der Waals surface area contributed by atoms with E-state index in [1.807, 2.05) is 0 Å². The van der Waals surface area contributed by atoms with Crippen LogP contribution in [0.15, 0.2) is 18.7 Å². The maximum atomic E-state index is 10.1. The van der Waals surface area contributed by atoms with Gasteiger partial charge in [-0.2, -0.15) is 0 Å². The Labute approximate surface area is 100 Å². The minimum Gasteiger partial charge on any atom is -1.00 e. The van der Waals surface area contributed by atoms with Crippen LogP contribution in [0, 0.1) is 5.41 Å². The number of aromatic amines is 1. The van der Waals surface area contributed by atoms with Crippen molar-refractivity contribution in [2.75, 3.05) is 0 Å². The summed E-state index contributed by atoms with van der Waals surface area (Å²) in [6.45, 7) is 3.11. The fourth-order valence-electron chi connectivity index (χ4n) is 0.589. The van der Waals surface area contributed by atoms with Crippen LogP contribution in [0.25, 0.3) is 0 Å². The first-order valence-electron chi connectivity index (χ1n) is 3.59. The van der Waals surface area contributed by atoms with Gasteiger partial charge in [0.25, 0.3) is 0 Å². The molecule has 0 aromatic carbocycles. The predicted octanol–water partition coefficient (Wildman–Crippen LogP) is -1.58. The smallest absolute Gasteiger partial charge is 0.135 e. The van der Waals surface area contributed by atoms with Gasteiger partial charge >= 0.3 is 0 Å². The molecule has 0 spiro atoms. The third kappa shape index (κ3) is 17.4. The number of carbonyl (C=O) groups is 1. The van der Waals surface area contributed by atoms with Crippen molar-refractivity contribution < 1.29 is 34.0 Å². The molecule has 1 radical (unpaired) electrons. The van der Waals surface area contributed by atoms with Gasteiger partial charge in [0.1, 0.15) is 5.78 Å². The van der Waals surface area contributed by atoms with Crippen molar-refractivity contribution in [1.82, 2.24) is 9.97 Å². The molecule has 0 amide bonds. The first-order chi connectivity index (χ1) is 5.63. The summed E-state index contributed by atoms with van der Waals surface area (Å²) in [6.07, 6.45) is 5.39. The van der Waals surface area contributed by atoms with E-state index in [0.717, 1.165) is 0 Å². The first kappa shape index (κ1) is 19.0. The van der Waals surface area contributed by atoms with Crippen LogP contribution in [-0.2, 0) is 21.6 Å². The zero-order chi connectivity index (χ0) is 9.40. The number of Topliss-reactive ketones (excluding diaryl/α,β-unsaturated/α-hetero) is 1. The Kier molecular flexibility index (Phi) is 16.8. The van der Waals surface area contributed by atoms with Gasteiger partial charge < -0.3 is 22.8 Å². The van der Waals surface area contributed by atoms with Crippen LogP contribution in [0.1, 0.15) is 20.3 Å². The number of H-pyrrole nitrogens is 1. The molecule has 0 bridgehead atoms. The molecule has 0 saturated carbocycles. The third-order valence-corrected chi connectivity index (χ3v) is 0.920. The number of imidazole rings is 1. The van der Waals surface area contributed by atoms with Gasteiger partial charge in [0.15, 0.2) is 0 Å². The maximum absolute atomic E-state index is 10.1. The van der Waals surface area contributed by atoms with E-state index in [1.165, 1.54) is 6.92 Å². The van der Waals surface area contributed by atoms with Gasteiger partial charge in [-0.25, -0.2) is 4.98 Å². The maximum Gasteiger partial charge on any atom is 0.135 e. The summed E-state index contributed by atoms with van der Waals surface area (Å²) >= 11 is 0. The Morgan fingerprint density at radius 1 is 1.50 bits per heavy atom. The molecule has 0 saturated heterocycles. The molecule has 1 heterocycles. The van der Waals surface area contributed by atoms with Gasteiger partial charge in [0.05, 0.1) is 6.33 Å². The zero-order valence-corrected chi connectivity index (χ0v) is 9.80. The molecule has 83 valence electrons. The molecule has 14 heavy (non-hydrogen) atoms. The van der Waals surface area contributed by atoms with Crippen molar-refractivity contribution >= 4 is 11.5 Å². The standard InChI is InChI=1S/C5H9NO.C3H4N2.ClH.Co/c1-4(6)3-5(2)7;1-2-5-3-4-1;;/h6H,3H2,1-2H3;1-3H,(H,4,5);1H;/p-1. The van der Waals surface area contributed by atoms with Crippen molar-refractivity contribution in [2.24, 2.45) is 0 Å². The fourth-order valence-corrected chi connectivity index (χ4v) is 0.589. The number of rotatable bonds is 2. The van der Waals surface area contributed by atoms with Crippen molar-refractivity contribution in [1.29, 1.82) is 5.41 Å². The summed E-state index contributed by atoms with van der Waals surface area (Å²) in [7, 11) is 0. The van der Waals surface area contributed by atoms with Crippen molar-refractivity contribution in [3.8, 4) is 0 Å².